The van der Waals surface area contributed by atoms with Crippen LogP contribution >= 0.6 is 11.6 Å². The van der Waals surface area contributed by atoms with Crippen LogP contribution in [-0.2, 0) is 0 Å². The van der Waals surface area contributed by atoms with Crippen molar-refractivity contribution in [1.29, 1.82) is 0 Å². The van der Waals surface area contributed by atoms with Crippen LogP contribution in [0.3, 0.4) is 0 Å². The Morgan fingerprint density at radius 1 is 1.18 bits per heavy atom. The normalized spacial score (nSPS) is 11.6. The highest BCUT2D eigenvalue weighted by molar-refractivity contribution is 6.31. The summed E-state index contributed by atoms with van der Waals surface area (Å²) in [6, 6.07) is 6.91. The van der Waals surface area contributed by atoms with Gasteiger partial charge in [0.2, 0.25) is 5.88 Å². The number of azo groups is 1. The SMILES string of the molecule is Cc1c(Cl)cccc1N=Nc1c(O)[nH]c2c(F)cc(F)cc12. The third-order valence-corrected chi connectivity index (χ3v) is 3.68. The zero-order valence-corrected chi connectivity index (χ0v) is 12.1. The molecule has 0 saturated carbocycles. The first kappa shape index (κ1) is 14.5. The van der Waals surface area contributed by atoms with E-state index in [1.54, 1.807) is 25.1 Å². The summed E-state index contributed by atoms with van der Waals surface area (Å²) >= 11 is 5.99. The van der Waals surface area contributed by atoms with Gasteiger partial charge in [-0.05, 0) is 30.7 Å². The molecule has 0 bridgehead atoms. The lowest BCUT2D eigenvalue weighted by molar-refractivity contribution is 0.459. The van der Waals surface area contributed by atoms with Crippen molar-refractivity contribution in [2.45, 2.75) is 6.92 Å². The molecule has 22 heavy (non-hydrogen) atoms. The number of hydrogen-bond donors (Lipinski definition) is 2. The molecule has 0 fully saturated rings. The Labute approximate surface area is 129 Å². The van der Waals surface area contributed by atoms with E-state index in [0.29, 0.717) is 16.3 Å². The Hall–Kier alpha value is -2.47. The first-order valence-electron chi connectivity index (χ1n) is 6.34. The minimum absolute atomic E-state index is 0.0318. The third-order valence-electron chi connectivity index (χ3n) is 3.27. The average molecular weight is 322 g/mol. The molecular formula is C15H10ClF2N3O. The molecule has 2 N–H and O–H groups in total. The van der Waals surface area contributed by atoms with Crippen LogP contribution in [0.1, 0.15) is 5.56 Å². The maximum absolute atomic E-state index is 13.6. The number of aromatic hydroxyl groups is 1. The number of fused-ring (bicyclic) bond motifs is 1. The minimum Gasteiger partial charge on any atom is -0.493 e. The number of H-pyrrole nitrogens is 1. The maximum atomic E-state index is 13.6. The maximum Gasteiger partial charge on any atom is 0.218 e. The molecule has 3 rings (SSSR count). The molecule has 0 aliphatic carbocycles. The molecule has 112 valence electrons. The Kier molecular flexibility index (Phi) is 3.54. The van der Waals surface area contributed by atoms with Crippen molar-refractivity contribution in [2.24, 2.45) is 10.2 Å². The molecule has 2 aromatic carbocycles. The van der Waals surface area contributed by atoms with Gasteiger partial charge >= 0.3 is 0 Å². The summed E-state index contributed by atoms with van der Waals surface area (Å²) in [5.74, 6) is -1.96. The third kappa shape index (κ3) is 2.42. The van der Waals surface area contributed by atoms with Crippen molar-refractivity contribution in [1.82, 2.24) is 4.98 Å². The van der Waals surface area contributed by atoms with Gasteiger partial charge in [-0.3, -0.25) is 0 Å². The molecule has 0 unspecified atom stereocenters. The number of nitrogens with one attached hydrogen (secondary N) is 1. The second-order valence-corrected chi connectivity index (χ2v) is 5.12. The number of hydrogen-bond acceptors (Lipinski definition) is 3. The summed E-state index contributed by atoms with van der Waals surface area (Å²) in [6.07, 6.45) is 0. The number of halogens is 3. The molecule has 7 heteroatoms. The standard InChI is InChI=1S/C15H10ClF2N3O/c1-7-10(16)3-2-4-12(7)20-21-14-9-5-8(17)6-11(18)13(9)19-15(14)22/h2-6,19,22H,1H3. The molecule has 4 nitrogen and oxygen atoms in total. The molecule has 0 radical (unpaired) electrons. The highest BCUT2D eigenvalue weighted by atomic mass is 35.5. The molecule has 1 aromatic heterocycles. The zero-order valence-electron chi connectivity index (χ0n) is 11.4. The predicted molar refractivity (Wildman–Crippen MR) is 80.2 cm³/mol. The minimum atomic E-state index is -0.814. The molecular weight excluding hydrogens is 312 g/mol. The summed E-state index contributed by atoms with van der Waals surface area (Å²) in [6.45, 7) is 1.77. The molecule has 1 heterocycles. The van der Waals surface area contributed by atoms with Gasteiger partial charge in [-0.15, -0.1) is 5.11 Å². The molecule has 0 atom stereocenters. The number of aromatic nitrogens is 1. The summed E-state index contributed by atoms with van der Waals surface area (Å²) in [5, 5.41) is 18.4. The molecule has 0 aliphatic rings. The smallest absolute Gasteiger partial charge is 0.218 e. The van der Waals surface area contributed by atoms with Crippen LogP contribution in [0.25, 0.3) is 10.9 Å². The summed E-state index contributed by atoms with van der Waals surface area (Å²) in [4.78, 5) is 2.42. The molecule has 0 aliphatic heterocycles. The largest absolute Gasteiger partial charge is 0.493 e. The quantitative estimate of drug-likeness (QED) is 0.599. The van der Waals surface area contributed by atoms with E-state index < -0.39 is 11.6 Å². The van der Waals surface area contributed by atoms with Crippen LogP contribution in [0.5, 0.6) is 5.88 Å². The Balaban J connectivity index is 2.13. The number of aromatic amines is 1. The predicted octanol–water partition coefficient (Wildman–Crippen LogP) is 5.53. The van der Waals surface area contributed by atoms with E-state index in [-0.39, 0.29) is 22.5 Å². The van der Waals surface area contributed by atoms with E-state index in [1.807, 2.05) is 0 Å². The fourth-order valence-electron chi connectivity index (χ4n) is 2.10. The molecule has 0 spiro atoms. The highest BCUT2D eigenvalue weighted by Crippen LogP contribution is 2.38. The van der Waals surface area contributed by atoms with Gasteiger partial charge in [0.1, 0.15) is 11.6 Å². The number of benzene rings is 2. The van der Waals surface area contributed by atoms with E-state index >= 15 is 0 Å². The van der Waals surface area contributed by atoms with Gasteiger partial charge in [-0.1, -0.05) is 17.7 Å². The van der Waals surface area contributed by atoms with Crippen LogP contribution in [0.15, 0.2) is 40.6 Å². The van der Waals surface area contributed by atoms with Crippen LogP contribution in [0, 0.1) is 18.6 Å². The van der Waals surface area contributed by atoms with Crippen LogP contribution in [0.4, 0.5) is 20.2 Å². The number of rotatable bonds is 2. The van der Waals surface area contributed by atoms with Gasteiger partial charge < -0.3 is 10.1 Å². The van der Waals surface area contributed by atoms with E-state index in [1.165, 1.54) is 0 Å². The molecule has 3 aromatic rings. The monoisotopic (exact) mass is 321 g/mol. The van der Waals surface area contributed by atoms with Gasteiger partial charge in [0.05, 0.1) is 11.2 Å². The first-order valence-corrected chi connectivity index (χ1v) is 6.71. The van der Waals surface area contributed by atoms with Crippen molar-refractivity contribution in [3.63, 3.8) is 0 Å². The van der Waals surface area contributed by atoms with E-state index in [4.69, 9.17) is 11.6 Å². The fourth-order valence-corrected chi connectivity index (χ4v) is 2.27. The van der Waals surface area contributed by atoms with Gasteiger partial charge in [0, 0.05) is 16.5 Å². The fraction of sp³-hybridized carbons (Fsp3) is 0.0667. The molecule has 0 saturated heterocycles. The zero-order chi connectivity index (χ0) is 15.9. The van der Waals surface area contributed by atoms with E-state index in [9.17, 15) is 13.9 Å². The first-order chi connectivity index (χ1) is 10.5. The lowest BCUT2D eigenvalue weighted by Gasteiger charge is -2.00. The lowest BCUT2D eigenvalue weighted by Crippen LogP contribution is -1.80. The van der Waals surface area contributed by atoms with Gasteiger partial charge in [0.15, 0.2) is 5.69 Å². The summed E-state index contributed by atoms with van der Waals surface area (Å²) < 4.78 is 27.0. The highest BCUT2D eigenvalue weighted by Gasteiger charge is 2.15. The van der Waals surface area contributed by atoms with Gasteiger partial charge in [-0.25, -0.2) is 8.78 Å². The van der Waals surface area contributed by atoms with Crippen LogP contribution < -0.4 is 0 Å². The average Bonchev–Trinajstić information content (AvgIpc) is 2.77. The second-order valence-electron chi connectivity index (χ2n) is 4.72. The van der Waals surface area contributed by atoms with E-state index in [2.05, 4.69) is 15.2 Å². The van der Waals surface area contributed by atoms with Crippen molar-refractivity contribution in [3.8, 4) is 5.88 Å². The second kappa shape index (κ2) is 5.38. The van der Waals surface area contributed by atoms with Crippen LogP contribution in [-0.4, -0.2) is 10.1 Å². The van der Waals surface area contributed by atoms with Crippen molar-refractivity contribution >= 4 is 33.9 Å². The summed E-state index contributed by atoms with van der Waals surface area (Å²) in [7, 11) is 0. The Bertz CT molecular complexity index is 905. The molecule has 0 amide bonds. The lowest BCUT2D eigenvalue weighted by atomic mass is 10.2. The van der Waals surface area contributed by atoms with Crippen molar-refractivity contribution in [3.05, 3.63) is 52.6 Å². The van der Waals surface area contributed by atoms with Crippen molar-refractivity contribution in [2.75, 3.05) is 0 Å². The summed E-state index contributed by atoms with van der Waals surface area (Å²) in [5.41, 5.74) is 1.14. The van der Waals surface area contributed by atoms with E-state index in [0.717, 1.165) is 12.1 Å². The number of nitrogens with zero attached hydrogens (tertiary/aromatic N) is 2. The topological polar surface area (TPSA) is 60.7 Å². The van der Waals surface area contributed by atoms with Gasteiger partial charge in [-0.2, -0.15) is 5.11 Å². The van der Waals surface area contributed by atoms with Gasteiger partial charge in [0.25, 0.3) is 0 Å². The Morgan fingerprint density at radius 2 is 1.95 bits per heavy atom. The Morgan fingerprint density at radius 3 is 2.73 bits per heavy atom. The van der Waals surface area contributed by atoms with Crippen LogP contribution in [0.2, 0.25) is 5.02 Å². The van der Waals surface area contributed by atoms with Crippen molar-refractivity contribution < 1.29 is 13.9 Å².